The average molecular weight is 220 g/mol. The first-order valence-electron chi connectivity index (χ1n) is 5.09. The zero-order valence-corrected chi connectivity index (χ0v) is 9.18. The van der Waals surface area contributed by atoms with Crippen LogP contribution in [-0.2, 0) is 0 Å². The van der Waals surface area contributed by atoms with Crippen LogP contribution in [-0.4, -0.2) is 20.8 Å². The maximum absolute atomic E-state index is 13.4. The molecular formula is C11H13FN4. The lowest BCUT2D eigenvalue weighted by atomic mass is 10.4. The first-order chi connectivity index (χ1) is 7.66. The van der Waals surface area contributed by atoms with Gasteiger partial charge in [0.15, 0.2) is 11.6 Å². The minimum atomic E-state index is -0.387. The van der Waals surface area contributed by atoms with Gasteiger partial charge in [-0.15, -0.1) is 0 Å². The topological polar surface area (TPSA) is 42.7 Å². The molecule has 0 amide bonds. The van der Waals surface area contributed by atoms with Gasteiger partial charge >= 0.3 is 0 Å². The highest BCUT2D eigenvalue weighted by Crippen LogP contribution is 2.12. The highest BCUT2D eigenvalue weighted by Gasteiger charge is 2.07. The number of pyridine rings is 1. The molecule has 0 radical (unpaired) electrons. The third-order valence-electron chi connectivity index (χ3n) is 1.99. The van der Waals surface area contributed by atoms with Crippen molar-refractivity contribution in [3.05, 3.63) is 36.5 Å². The summed E-state index contributed by atoms with van der Waals surface area (Å²) in [5.74, 6) is -0.180. The van der Waals surface area contributed by atoms with E-state index in [4.69, 9.17) is 0 Å². The van der Waals surface area contributed by atoms with Crippen molar-refractivity contribution in [2.75, 3.05) is 5.32 Å². The van der Waals surface area contributed by atoms with E-state index in [1.165, 1.54) is 16.9 Å². The monoisotopic (exact) mass is 220 g/mol. The zero-order chi connectivity index (χ0) is 11.5. The molecule has 4 nitrogen and oxygen atoms in total. The van der Waals surface area contributed by atoms with Crippen molar-refractivity contribution in [1.29, 1.82) is 0 Å². The zero-order valence-electron chi connectivity index (χ0n) is 9.18. The van der Waals surface area contributed by atoms with E-state index in [0.29, 0.717) is 6.04 Å². The third kappa shape index (κ3) is 2.18. The van der Waals surface area contributed by atoms with Crippen molar-refractivity contribution >= 4 is 5.69 Å². The molecule has 0 saturated carbocycles. The highest BCUT2D eigenvalue weighted by molar-refractivity contribution is 5.41. The van der Waals surface area contributed by atoms with Crippen molar-refractivity contribution in [2.45, 2.75) is 19.9 Å². The molecule has 5 heteroatoms. The molecule has 0 bridgehead atoms. The largest absolute Gasteiger partial charge is 0.380 e. The van der Waals surface area contributed by atoms with Gasteiger partial charge in [-0.25, -0.2) is 14.1 Å². The van der Waals surface area contributed by atoms with Crippen LogP contribution in [0.15, 0.2) is 30.7 Å². The predicted molar refractivity (Wildman–Crippen MR) is 60.1 cm³/mol. The molecular weight excluding hydrogens is 207 g/mol. The van der Waals surface area contributed by atoms with Gasteiger partial charge in [-0.05, 0) is 26.0 Å². The Morgan fingerprint density at radius 3 is 2.94 bits per heavy atom. The molecule has 0 fully saturated rings. The molecule has 0 aromatic carbocycles. The molecule has 0 unspecified atom stereocenters. The Morgan fingerprint density at radius 1 is 1.44 bits per heavy atom. The third-order valence-corrected chi connectivity index (χ3v) is 1.99. The average Bonchev–Trinajstić information content (AvgIpc) is 2.66. The maximum Gasteiger partial charge on any atom is 0.189 e. The first-order valence-corrected chi connectivity index (χ1v) is 5.09. The standard InChI is InChI=1S/C11H13FN4/c1-8(2)15-9-6-14-16(7-9)11-10(12)4-3-5-13-11/h3-8,15H,1-2H3. The van der Waals surface area contributed by atoms with Gasteiger partial charge < -0.3 is 5.32 Å². The molecule has 2 rings (SSSR count). The van der Waals surface area contributed by atoms with Crippen molar-refractivity contribution < 1.29 is 4.39 Å². The van der Waals surface area contributed by atoms with E-state index < -0.39 is 0 Å². The van der Waals surface area contributed by atoms with Crippen LogP contribution in [0.4, 0.5) is 10.1 Å². The Labute approximate surface area is 93.1 Å². The Morgan fingerprint density at radius 2 is 2.25 bits per heavy atom. The fourth-order valence-electron chi connectivity index (χ4n) is 1.39. The smallest absolute Gasteiger partial charge is 0.189 e. The molecule has 84 valence electrons. The predicted octanol–water partition coefficient (Wildman–Crippen LogP) is 2.23. The van der Waals surface area contributed by atoms with E-state index in [1.807, 2.05) is 13.8 Å². The first kappa shape index (κ1) is 10.6. The summed E-state index contributed by atoms with van der Waals surface area (Å²) < 4.78 is 14.8. The minimum Gasteiger partial charge on any atom is -0.380 e. The van der Waals surface area contributed by atoms with Crippen molar-refractivity contribution in [3.8, 4) is 5.82 Å². The van der Waals surface area contributed by atoms with Crippen LogP contribution in [0.2, 0.25) is 0 Å². The SMILES string of the molecule is CC(C)Nc1cnn(-c2ncccc2F)c1. The van der Waals surface area contributed by atoms with Crippen molar-refractivity contribution in [1.82, 2.24) is 14.8 Å². The summed E-state index contributed by atoms with van der Waals surface area (Å²) in [6, 6.07) is 3.22. The molecule has 0 aliphatic carbocycles. The van der Waals surface area contributed by atoms with Crippen LogP contribution in [0.1, 0.15) is 13.8 Å². The summed E-state index contributed by atoms with van der Waals surface area (Å²) in [7, 11) is 0. The number of hydrogen-bond donors (Lipinski definition) is 1. The van der Waals surface area contributed by atoms with E-state index in [2.05, 4.69) is 15.4 Å². The number of nitrogens with one attached hydrogen (secondary N) is 1. The van der Waals surface area contributed by atoms with Crippen molar-refractivity contribution in [2.24, 2.45) is 0 Å². The second kappa shape index (κ2) is 4.30. The maximum atomic E-state index is 13.4. The van der Waals surface area contributed by atoms with E-state index in [0.717, 1.165) is 5.69 Å². The van der Waals surface area contributed by atoms with Gasteiger partial charge in [0.25, 0.3) is 0 Å². The molecule has 2 heterocycles. The minimum absolute atomic E-state index is 0.208. The summed E-state index contributed by atoms with van der Waals surface area (Å²) in [5, 5.41) is 7.23. The number of aromatic nitrogens is 3. The Balaban J connectivity index is 2.28. The fourth-order valence-corrected chi connectivity index (χ4v) is 1.39. The lowest BCUT2D eigenvalue weighted by molar-refractivity contribution is 0.600. The molecule has 0 spiro atoms. The number of hydrogen-bond acceptors (Lipinski definition) is 3. The van der Waals surface area contributed by atoms with E-state index >= 15 is 0 Å². The number of nitrogens with zero attached hydrogens (tertiary/aromatic N) is 3. The number of halogens is 1. The van der Waals surface area contributed by atoms with Crippen LogP contribution in [0.3, 0.4) is 0 Å². The molecule has 0 aliphatic rings. The van der Waals surface area contributed by atoms with Gasteiger partial charge in [-0.1, -0.05) is 0 Å². The van der Waals surface area contributed by atoms with Crippen LogP contribution in [0.5, 0.6) is 0 Å². The summed E-state index contributed by atoms with van der Waals surface area (Å²) in [4.78, 5) is 3.94. The molecule has 0 aliphatic heterocycles. The quantitative estimate of drug-likeness (QED) is 0.862. The van der Waals surface area contributed by atoms with Gasteiger partial charge in [0, 0.05) is 12.2 Å². The van der Waals surface area contributed by atoms with Crippen LogP contribution in [0, 0.1) is 5.82 Å². The summed E-state index contributed by atoms with van der Waals surface area (Å²) >= 11 is 0. The van der Waals surface area contributed by atoms with E-state index in [9.17, 15) is 4.39 Å². The van der Waals surface area contributed by atoms with Gasteiger partial charge in [-0.3, -0.25) is 0 Å². The van der Waals surface area contributed by atoms with Gasteiger partial charge in [-0.2, -0.15) is 5.10 Å². The van der Waals surface area contributed by atoms with Gasteiger partial charge in [0.05, 0.1) is 18.1 Å². The number of anilines is 1. The summed E-state index contributed by atoms with van der Waals surface area (Å²) in [6.07, 6.45) is 4.90. The van der Waals surface area contributed by atoms with Crippen LogP contribution in [0.25, 0.3) is 5.82 Å². The second-order valence-electron chi connectivity index (χ2n) is 3.78. The second-order valence-corrected chi connectivity index (χ2v) is 3.78. The lowest BCUT2D eigenvalue weighted by Gasteiger charge is -2.05. The molecule has 16 heavy (non-hydrogen) atoms. The van der Waals surface area contributed by atoms with Crippen LogP contribution < -0.4 is 5.32 Å². The fraction of sp³-hybridized carbons (Fsp3) is 0.273. The molecule has 0 saturated heterocycles. The normalized spacial score (nSPS) is 10.8. The van der Waals surface area contributed by atoms with Gasteiger partial charge in [0.1, 0.15) is 0 Å². The molecule has 2 aromatic rings. The van der Waals surface area contributed by atoms with E-state index in [-0.39, 0.29) is 11.6 Å². The highest BCUT2D eigenvalue weighted by atomic mass is 19.1. The summed E-state index contributed by atoms with van der Waals surface area (Å²) in [6.45, 7) is 4.05. The van der Waals surface area contributed by atoms with Crippen LogP contribution >= 0.6 is 0 Å². The Hall–Kier alpha value is -1.91. The molecule has 2 aromatic heterocycles. The van der Waals surface area contributed by atoms with E-state index in [1.54, 1.807) is 18.5 Å². The number of rotatable bonds is 3. The lowest BCUT2D eigenvalue weighted by Crippen LogP contribution is -2.08. The summed E-state index contributed by atoms with van der Waals surface area (Å²) in [5.41, 5.74) is 0.847. The molecule has 1 N–H and O–H groups in total. The Bertz CT molecular complexity index is 478. The van der Waals surface area contributed by atoms with Gasteiger partial charge in [0.2, 0.25) is 0 Å². The molecule has 0 atom stereocenters. The Kier molecular flexibility index (Phi) is 2.85. The van der Waals surface area contributed by atoms with Crippen molar-refractivity contribution in [3.63, 3.8) is 0 Å².